The lowest BCUT2D eigenvalue weighted by molar-refractivity contribution is -0.387. The van der Waals surface area contributed by atoms with Crippen LogP contribution in [-0.2, 0) is 6.54 Å². The van der Waals surface area contributed by atoms with E-state index in [0.29, 0.717) is 18.7 Å². The van der Waals surface area contributed by atoms with E-state index in [0.717, 1.165) is 6.42 Å². The first-order valence-corrected chi connectivity index (χ1v) is 5.18. The summed E-state index contributed by atoms with van der Waals surface area (Å²) in [6.07, 6.45) is 0.728. The van der Waals surface area contributed by atoms with Crippen LogP contribution in [0.15, 0.2) is 18.2 Å². The number of nitrogens with zero attached hydrogens (tertiary/aromatic N) is 1. The normalized spacial score (nSPS) is 9.53. The SMILES string of the molecule is CC#CCCNCc1ccc([N+](=O)[O-])c(F)c1. The number of halogens is 1. The van der Waals surface area contributed by atoms with Gasteiger partial charge in [0.1, 0.15) is 0 Å². The second-order valence-corrected chi connectivity index (χ2v) is 3.40. The van der Waals surface area contributed by atoms with Gasteiger partial charge in [-0.1, -0.05) is 6.07 Å². The molecule has 5 heteroatoms. The van der Waals surface area contributed by atoms with Crippen molar-refractivity contribution in [3.63, 3.8) is 0 Å². The highest BCUT2D eigenvalue weighted by Gasteiger charge is 2.13. The summed E-state index contributed by atoms with van der Waals surface area (Å²) >= 11 is 0. The number of benzene rings is 1. The maximum Gasteiger partial charge on any atom is 0.304 e. The largest absolute Gasteiger partial charge is 0.312 e. The van der Waals surface area contributed by atoms with Crippen LogP contribution in [0, 0.1) is 27.8 Å². The van der Waals surface area contributed by atoms with Gasteiger partial charge in [-0.05, 0) is 18.6 Å². The Bertz CT molecular complexity index is 463. The molecule has 17 heavy (non-hydrogen) atoms. The van der Waals surface area contributed by atoms with E-state index < -0.39 is 16.4 Å². The molecule has 0 heterocycles. The van der Waals surface area contributed by atoms with Gasteiger partial charge < -0.3 is 5.32 Å². The third kappa shape index (κ3) is 4.21. The van der Waals surface area contributed by atoms with E-state index in [1.54, 1.807) is 13.0 Å². The predicted molar refractivity (Wildman–Crippen MR) is 62.8 cm³/mol. The monoisotopic (exact) mass is 236 g/mol. The molecular weight excluding hydrogens is 223 g/mol. The average Bonchev–Trinajstić information content (AvgIpc) is 2.28. The Morgan fingerprint density at radius 1 is 1.53 bits per heavy atom. The highest BCUT2D eigenvalue weighted by atomic mass is 19.1. The number of nitrogens with one attached hydrogen (secondary N) is 1. The molecule has 0 atom stereocenters. The first kappa shape index (κ1) is 13.1. The molecule has 0 fully saturated rings. The van der Waals surface area contributed by atoms with Crippen molar-refractivity contribution in [3.8, 4) is 11.8 Å². The predicted octanol–water partition coefficient (Wildman–Crippen LogP) is 2.24. The summed E-state index contributed by atoms with van der Waals surface area (Å²) in [4.78, 5) is 9.67. The number of hydrogen-bond acceptors (Lipinski definition) is 3. The molecule has 1 aromatic carbocycles. The molecule has 90 valence electrons. The minimum absolute atomic E-state index is 0.473. The molecule has 0 saturated carbocycles. The number of rotatable bonds is 5. The van der Waals surface area contributed by atoms with Crippen LogP contribution >= 0.6 is 0 Å². The zero-order valence-electron chi connectivity index (χ0n) is 9.50. The molecule has 0 aromatic heterocycles. The maximum atomic E-state index is 13.2. The van der Waals surface area contributed by atoms with Crippen molar-refractivity contribution < 1.29 is 9.31 Å². The van der Waals surface area contributed by atoms with Crippen LogP contribution in [0.3, 0.4) is 0 Å². The van der Waals surface area contributed by atoms with E-state index in [1.807, 2.05) is 0 Å². The fraction of sp³-hybridized carbons (Fsp3) is 0.333. The van der Waals surface area contributed by atoms with E-state index in [2.05, 4.69) is 17.2 Å². The molecule has 0 aliphatic carbocycles. The van der Waals surface area contributed by atoms with Crippen molar-refractivity contribution in [1.29, 1.82) is 0 Å². The molecule has 0 radical (unpaired) electrons. The number of nitro benzene ring substituents is 1. The molecule has 1 N–H and O–H groups in total. The number of hydrogen-bond donors (Lipinski definition) is 1. The fourth-order valence-electron chi connectivity index (χ4n) is 1.32. The summed E-state index contributed by atoms with van der Waals surface area (Å²) in [5.41, 5.74) is 0.183. The van der Waals surface area contributed by atoms with Crippen LogP contribution in [0.1, 0.15) is 18.9 Å². The van der Waals surface area contributed by atoms with Gasteiger partial charge in [0.25, 0.3) is 0 Å². The molecular formula is C12H13FN2O2. The standard InChI is InChI=1S/C12H13FN2O2/c1-2-3-4-7-14-9-10-5-6-12(15(16)17)11(13)8-10/h5-6,8,14H,4,7,9H2,1H3. The van der Waals surface area contributed by atoms with Crippen molar-refractivity contribution >= 4 is 5.69 Å². The minimum atomic E-state index is -0.803. The van der Waals surface area contributed by atoms with Crippen LogP contribution in [0.25, 0.3) is 0 Å². The lowest BCUT2D eigenvalue weighted by Gasteiger charge is -2.03. The van der Waals surface area contributed by atoms with Crippen molar-refractivity contribution in [1.82, 2.24) is 5.32 Å². The van der Waals surface area contributed by atoms with E-state index in [9.17, 15) is 14.5 Å². The smallest absolute Gasteiger partial charge is 0.304 e. The fourth-order valence-corrected chi connectivity index (χ4v) is 1.32. The molecule has 0 saturated heterocycles. The Kier molecular flexibility index (Phi) is 5.11. The summed E-state index contributed by atoms with van der Waals surface area (Å²) in [5, 5.41) is 13.5. The van der Waals surface area contributed by atoms with E-state index >= 15 is 0 Å². The Morgan fingerprint density at radius 3 is 2.88 bits per heavy atom. The first-order chi connectivity index (χ1) is 8.15. The first-order valence-electron chi connectivity index (χ1n) is 5.18. The molecule has 1 rings (SSSR count). The van der Waals surface area contributed by atoms with E-state index in [1.165, 1.54) is 12.1 Å². The van der Waals surface area contributed by atoms with Gasteiger partial charge >= 0.3 is 5.69 Å². The summed E-state index contributed by atoms with van der Waals surface area (Å²) < 4.78 is 13.2. The molecule has 0 aliphatic heterocycles. The average molecular weight is 236 g/mol. The van der Waals surface area contributed by atoms with Gasteiger partial charge in [0.05, 0.1) is 4.92 Å². The van der Waals surface area contributed by atoms with Gasteiger partial charge in [-0.2, -0.15) is 4.39 Å². The van der Waals surface area contributed by atoms with Gasteiger partial charge in [0, 0.05) is 25.6 Å². The molecule has 0 amide bonds. The summed E-state index contributed by atoms with van der Waals surface area (Å²) in [6, 6.07) is 3.90. The maximum absolute atomic E-state index is 13.2. The van der Waals surface area contributed by atoms with Gasteiger partial charge in [0.15, 0.2) is 0 Å². The molecule has 4 nitrogen and oxygen atoms in total. The Hall–Kier alpha value is -1.93. The summed E-state index contributed by atoms with van der Waals surface area (Å²) in [6.45, 7) is 2.95. The minimum Gasteiger partial charge on any atom is -0.312 e. The quantitative estimate of drug-likeness (QED) is 0.369. The second kappa shape index (κ2) is 6.61. The molecule has 1 aromatic rings. The zero-order chi connectivity index (χ0) is 12.7. The van der Waals surface area contributed by atoms with Gasteiger partial charge in [-0.15, -0.1) is 11.8 Å². The third-order valence-electron chi connectivity index (χ3n) is 2.14. The molecule has 0 bridgehead atoms. The lowest BCUT2D eigenvalue weighted by atomic mass is 10.2. The Morgan fingerprint density at radius 2 is 2.29 bits per heavy atom. The van der Waals surface area contributed by atoms with Crippen molar-refractivity contribution in [2.75, 3.05) is 6.54 Å². The van der Waals surface area contributed by atoms with Crippen molar-refractivity contribution in [2.24, 2.45) is 0 Å². The van der Waals surface area contributed by atoms with Gasteiger partial charge in [-0.3, -0.25) is 10.1 Å². The van der Waals surface area contributed by atoms with Crippen LogP contribution in [0.2, 0.25) is 0 Å². The lowest BCUT2D eigenvalue weighted by Crippen LogP contribution is -2.14. The van der Waals surface area contributed by atoms with Crippen molar-refractivity contribution in [3.05, 3.63) is 39.7 Å². The molecule has 0 spiro atoms. The number of nitro groups is 1. The van der Waals surface area contributed by atoms with E-state index in [-0.39, 0.29) is 0 Å². The molecule has 0 unspecified atom stereocenters. The Balaban J connectivity index is 2.52. The third-order valence-corrected chi connectivity index (χ3v) is 2.14. The summed E-state index contributed by atoms with van der Waals surface area (Å²) in [5.74, 6) is 4.86. The van der Waals surface area contributed by atoms with Gasteiger partial charge in [0.2, 0.25) is 5.82 Å². The van der Waals surface area contributed by atoms with Gasteiger partial charge in [-0.25, -0.2) is 0 Å². The summed E-state index contributed by atoms with van der Waals surface area (Å²) in [7, 11) is 0. The molecule has 0 aliphatic rings. The highest BCUT2D eigenvalue weighted by molar-refractivity contribution is 5.34. The zero-order valence-corrected chi connectivity index (χ0v) is 9.50. The van der Waals surface area contributed by atoms with Crippen molar-refractivity contribution in [2.45, 2.75) is 19.9 Å². The van der Waals surface area contributed by atoms with Crippen LogP contribution in [0.4, 0.5) is 10.1 Å². The van der Waals surface area contributed by atoms with E-state index in [4.69, 9.17) is 0 Å². The van der Waals surface area contributed by atoms with Crippen LogP contribution in [-0.4, -0.2) is 11.5 Å². The Labute approximate surface area is 99.0 Å². The second-order valence-electron chi connectivity index (χ2n) is 3.40. The van der Waals surface area contributed by atoms with Crippen LogP contribution < -0.4 is 5.32 Å². The van der Waals surface area contributed by atoms with Crippen LogP contribution in [0.5, 0.6) is 0 Å². The topological polar surface area (TPSA) is 55.2 Å². The highest BCUT2D eigenvalue weighted by Crippen LogP contribution is 2.17.